The lowest BCUT2D eigenvalue weighted by Crippen LogP contribution is -2.42. The zero-order chi connectivity index (χ0) is 22.6. The molecule has 8 nitrogen and oxygen atoms in total. The number of morpholine rings is 1. The Morgan fingerprint density at radius 3 is 2.82 bits per heavy atom. The van der Waals surface area contributed by atoms with Gasteiger partial charge in [-0.3, -0.25) is 4.79 Å². The molecule has 170 valence electrons. The Bertz CT molecular complexity index is 1150. The molecule has 3 aromatic rings. The van der Waals surface area contributed by atoms with Crippen molar-refractivity contribution in [2.45, 2.75) is 26.1 Å². The molecule has 0 saturated carbocycles. The summed E-state index contributed by atoms with van der Waals surface area (Å²) in [5, 5.41) is 9.78. The topological polar surface area (TPSA) is 91.4 Å². The molecule has 1 atom stereocenters. The van der Waals surface area contributed by atoms with Crippen molar-refractivity contribution in [3.63, 3.8) is 0 Å². The predicted octanol–water partition coefficient (Wildman–Crippen LogP) is 2.83. The van der Waals surface area contributed by atoms with E-state index in [1.54, 1.807) is 6.20 Å². The molecule has 2 aromatic carbocycles. The number of ether oxygens (including phenoxy) is 1. The predicted molar refractivity (Wildman–Crippen MR) is 128 cm³/mol. The fourth-order valence-electron chi connectivity index (χ4n) is 4.17. The van der Waals surface area contributed by atoms with Crippen LogP contribution in [0.5, 0.6) is 0 Å². The third-order valence-corrected chi connectivity index (χ3v) is 6.02. The molecule has 0 spiro atoms. The molecular weight excluding hydrogens is 416 g/mol. The lowest BCUT2D eigenvalue weighted by Gasteiger charge is -2.31. The maximum Gasteiger partial charge on any atom is 0.237 e. The second-order valence-electron chi connectivity index (χ2n) is 8.35. The van der Waals surface area contributed by atoms with Gasteiger partial charge in [-0.1, -0.05) is 18.2 Å². The van der Waals surface area contributed by atoms with Gasteiger partial charge in [0.05, 0.1) is 24.9 Å². The molecule has 0 aliphatic carbocycles. The standard InChI is InChI=1S/C25H28N6O2/c1-17-24(32)28-15-18-3-2-4-19(13-18)22-7-8-26-25(30-22)29-21-5-6-23(20(14-21)16-27-17)31-9-11-33-12-10-31/h2-8,13-14,17,27H,9-12,15-16H2,1H3,(H,28,32)(H,26,29,30)/t17-/m0/s1. The number of benzene rings is 2. The highest BCUT2D eigenvalue weighted by molar-refractivity contribution is 5.81. The number of nitrogens with zero attached hydrogens (tertiary/aromatic N) is 3. The largest absolute Gasteiger partial charge is 0.378 e. The highest BCUT2D eigenvalue weighted by atomic mass is 16.5. The summed E-state index contributed by atoms with van der Waals surface area (Å²) in [6.45, 7) is 6.04. The second kappa shape index (κ2) is 9.56. The minimum absolute atomic E-state index is 0.0287. The fourth-order valence-corrected chi connectivity index (χ4v) is 4.17. The first-order valence-electron chi connectivity index (χ1n) is 11.3. The highest BCUT2D eigenvalue weighted by Crippen LogP contribution is 2.27. The van der Waals surface area contributed by atoms with Crippen LogP contribution in [0.2, 0.25) is 0 Å². The summed E-state index contributed by atoms with van der Waals surface area (Å²) in [4.78, 5) is 24.2. The number of fused-ring (bicyclic) bond motifs is 7. The van der Waals surface area contributed by atoms with Crippen molar-refractivity contribution in [2.75, 3.05) is 36.5 Å². The van der Waals surface area contributed by atoms with Crippen molar-refractivity contribution in [3.8, 4) is 11.3 Å². The van der Waals surface area contributed by atoms with Crippen LogP contribution in [0.15, 0.2) is 54.7 Å². The van der Waals surface area contributed by atoms with Gasteiger partial charge in [0.2, 0.25) is 11.9 Å². The van der Waals surface area contributed by atoms with Gasteiger partial charge in [-0.05, 0) is 48.4 Å². The zero-order valence-electron chi connectivity index (χ0n) is 18.7. The lowest BCUT2D eigenvalue weighted by molar-refractivity contribution is -0.122. The van der Waals surface area contributed by atoms with E-state index < -0.39 is 0 Å². The van der Waals surface area contributed by atoms with Crippen LogP contribution in [0.25, 0.3) is 11.3 Å². The van der Waals surface area contributed by atoms with E-state index in [1.165, 1.54) is 0 Å². The molecule has 5 rings (SSSR count). The second-order valence-corrected chi connectivity index (χ2v) is 8.35. The molecule has 8 heteroatoms. The van der Waals surface area contributed by atoms with Crippen LogP contribution in [0.1, 0.15) is 18.1 Å². The Kier molecular flexibility index (Phi) is 6.19. The van der Waals surface area contributed by atoms with Crippen LogP contribution in [0, 0.1) is 0 Å². The summed E-state index contributed by atoms with van der Waals surface area (Å²) in [5.74, 6) is 0.517. The van der Waals surface area contributed by atoms with E-state index in [9.17, 15) is 4.79 Å². The molecule has 0 radical (unpaired) electrons. The monoisotopic (exact) mass is 444 g/mol. The first-order chi connectivity index (χ1) is 16.2. The summed E-state index contributed by atoms with van der Waals surface area (Å²) in [5.41, 5.74) is 5.98. The highest BCUT2D eigenvalue weighted by Gasteiger charge is 2.18. The third kappa shape index (κ3) is 4.97. The number of carbonyl (C=O) groups excluding carboxylic acids is 1. The van der Waals surface area contributed by atoms with Crippen LogP contribution in [-0.4, -0.2) is 48.2 Å². The molecule has 33 heavy (non-hydrogen) atoms. The van der Waals surface area contributed by atoms with Gasteiger partial charge in [0, 0.05) is 49.3 Å². The van der Waals surface area contributed by atoms with Gasteiger partial charge in [-0.2, -0.15) is 0 Å². The molecule has 0 unspecified atom stereocenters. The number of nitrogens with one attached hydrogen (secondary N) is 3. The van der Waals surface area contributed by atoms with E-state index >= 15 is 0 Å². The van der Waals surface area contributed by atoms with Gasteiger partial charge in [0.25, 0.3) is 0 Å². The van der Waals surface area contributed by atoms with Crippen molar-refractivity contribution in [1.29, 1.82) is 0 Å². The van der Waals surface area contributed by atoms with Crippen LogP contribution >= 0.6 is 0 Å². The maximum atomic E-state index is 12.7. The first-order valence-corrected chi connectivity index (χ1v) is 11.3. The summed E-state index contributed by atoms with van der Waals surface area (Å²) in [6, 6.07) is 15.9. The molecule has 1 amide bonds. The molecular formula is C25H28N6O2. The number of hydrogen-bond donors (Lipinski definition) is 3. The Balaban J connectivity index is 1.52. The molecule has 1 aromatic heterocycles. The average Bonchev–Trinajstić information content (AvgIpc) is 2.86. The Hall–Kier alpha value is -3.49. The molecule has 3 heterocycles. The van der Waals surface area contributed by atoms with Gasteiger partial charge in [-0.15, -0.1) is 0 Å². The smallest absolute Gasteiger partial charge is 0.237 e. The molecule has 1 saturated heterocycles. The summed E-state index contributed by atoms with van der Waals surface area (Å²) >= 11 is 0. The van der Waals surface area contributed by atoms with Crippen LogP contribution < -0.4 is 20.9 Å². The van der Waals surface area contributed by atoms with Crippen molar-refractivity contribution < 1.29 is 9.53 Å². The normalized spacial score (nSPS) is 18.9. The summed E-state index contributed by atoms with van der Waals surface area (Å²) in [7, 11) is 0. The summed E-state index contributed by atoms with van der Waals surface area (Å²) < 4.78 is 5.53. The molecule has 2 aliphatic heterocycles. The molecule has 6 bridgehead atoms. The van der Waals surface area contributed by atoms with Gasteiger partial charge in [0.15, 0.2) is 0 Å². The van der Waals surface area contributed by atoms with Crippen molar-refractivity contribution in [2.24, 2.45) is 0 Å². The molecule has 2 aliphatic rings. The van der Waals surface area contributed by atoms with Gasteiger partial charge in [0.1, 0.15) is 0 Å². The first kappa shape index (κ1) is 21.4. The van der Waals surface area contributed by atoms with E-state index in [1.807, 2.05) is 43.3 Å². The third-order valence-electron chi connectivity index (χ3n) is 6.02. The lowest BCUT2D eigenvalue weighted by atomic mass is 10.1. The van der Waals surface area contributed by atoms with Gasteiger partial charge < -0.3 is 25.6 Å². The van der Waals surface area contributed by atoms with E-state index in [-0.39, 0.29) is 11.9 Å². The Labute approximate surface area is 193 Å². The van der Waals surface area contributed by atoms with Crippen LogP contribution in [0.3, 0.4) is 0 Å². The SMILES string of the molecule is C[C@@H]1NCc2cc(ccc2N2CCOCC2)Nc2nccc(n2)-c2cccc(c2)CNC1=O. The number of anilines is 3. The van der Waals surface area contributed by atoms with Crippen LogP contribution in [-0.2, 0) is 22.6 Å². The number of carbonyl (C=O) groups is 1. The van der Waals surface area contributed by atoms with E-state index in [0.29, 0.717) is 32.3 Å². The quantitative estimate of drug-likeness (QED) is 0.532. The minimum atomic E-state index is -0.327. The summed E-state index contributed by atoms with van der Waals surface area (Å²) in [6.07, 6.45) is 1.76. The molecule has 3 N–H and O–H groups in total. The fraction of sp³-hybridized carbons (Fsp3) is 0.320. The Morgan fingerprint density at radius 2 is 1.94 bits per heavy atom. The van der Waals surface area contributed by atoms with Crippen molar-refractivity contribution >= 4 is 23.2 Å². The Morgan fingerprint density at radius 1 is 1.06 bits per heavy atom. The number of rotatable bonds is 1. The van der Waals surface area contributed by atoms with E-state index in [0.717, 1.165) is 46.8 Å². The van der Waals surface area contributed by atoms with Gasteiger partial charge >= 0.3 is 0 Å². The zero-order valence-corrected chi connectivity index (χ0v) is 18.7. The minimum Gasteiger partial charge on any atom is -0.378 e. The molecule has 1 fully saturated rings. The van der Waals surface area contributed by atoms with Gasteiger partial charge in [-0.25, -0.2) is 9.97 Å². The van der Waals surface area contributed by atoms with E-state index in [4.69, 9.17) is 9.72 Å². The number of amides is 1. The van der Waals surface area contributed by atoms with Crippen LogP contribution in [0.4, 0.5) is 17.3 Å². The number of hydrogen-bond acceptors (Lipinski definition) is 7. The van der Waals surface area contributed by atoms with Crippen molar-refractivity contribution in [1.82, 2.24) is 20.6 Å². The maximum absolute atomic E-state index is 12.7. The van der Waals surface area contributed by atoms with Crippen molar-refractivity contribution in [3.05, 3.63) is 65.9 Å². The van der Waals surface area contributed by atoms with E-state index in [2.05, 4.69) is 38.0 Å². The number of aromatic nitrogens is 2. The average molecular weight is 445 g/mol.